The zero-order valence-corrected chi connectivity index (χ0v) is 20.5. The van der Waals surface area contributed by atoms with Gasteiger partial charge in [-0.2, -0.15) is 0 Å². The maximum atomic E-state index is 4.42. The first-order chi connectivity index (χ1) is 14.6. The zero-order valence-electron chi connectivity index (χ0n) is 20.5. The van der Waals surface area contributed by atoms with Crippen LogP contribution in [0.1, 0.15) is 129 Å². The van der Waals surface area contributed by atoms with Crippen LogP contribution in [0.3, 0.4) is 0 Å². The first-order valence-electron chi connectivity index (χ1n) is 13.1. The van der Waals surface area contributed by atoms with Crippen molar-refractivity contribution in [3.05, 3.63) is 42.1 Å². The van der Waals surface area contributed by atoms with Crippen molar-refractivity contribution in [2.45, 2.75) is 128 Å². The van der Waals surface area contributed by atoms with E-state index in [1.807, 2.05) is 0 Å². The summed E-state index contributed by atoms with van der Waals surface area (Å²) < 4.78 is 0. The molecule has 0 amide bonds. The summed E-state index contributed by atoms with van der Waals surface area (Å²) in [6.45, 7) is 9.11. The number of para-hydroxylation sites is 1. The lowest BCUT2D eigenvalue weighted by molar-refractivity contribution is 0.470. The molecule has 2 rings (SSSR count). The molecule has 1 aromatic rings. The minimum atomic E-state index is 0.126. The third-order valence-electron chi connectivity index (χ3n) is 7.43. The second-order valence-corrected chi connectivity index (χ2v) is 9.91. The maximum absolute atomic E-state index is 4.42. The Morgan fingerprint density at radius 3 is 1.63 bits per heavy atom. The van der Waals surface area contributed by atoms with Crippen molar-refractivity contribution in [2.75, 3.05) is 11.9 Å². The van der Waals surface area contributed by atoms with Gasteiger partial charge in [-0.1, -0.05) is 134 Å². The van der Waals surface area contributed by atoms with E-state index in [4.69, 9.17) is 0 Å². The highest BCUT2D eigenvalue weighted by Crippen LogP contribution is 2.48. The van der Waals surface area contributed by atoms with Gasteiger partial charge in [0.15, 0.2) is 0 Å². The summed E-state index contributed by atoms with van der Waals surface area (Å²) >= 11 is 0. The van der Waals surface area contributed by atoms with Crippen molar-refractivity contribution < 1.29 is 0 Å². The topological polar surface area (TPSA) is 3.24 Å². The molecule has 0 N–H and O–H groups in total. The number of nitrogens with zero attached hydrogens (tertiary/aromatic N) is 1. The second kappa shape index (κ2) is 13.9. The van der Waals surface area contributed by atoms with Gasteiger partial charge in [-0.15, -0.1) is 0 Å². The standard InChI is InChI=1S/C29H49N/c1-5-6-7-8-9-10-11-12-13-14-15-16-17-18-19-22-25-29(3)26(2)30(4)28-24-21-20-23-27(28)29/h20-21,23-24H,2,5-19,22,25H2,1,3-4H3. The number of likely N-dealkylation sites (N-methyl/N-ethyl adjacent to an activating group) is 1. The van der Waals surface area contributed by atoms with E-state index in [1.54, 1.807) is 0 Å². The Hall–Kier alpha value is -1.24. The largest absolute Gasteiger partial charge is 0.348 e. The SMILES string of the molecule is C=C1N(C)c2ccccc2C1(C)CCCCCCCCCCCCCCCCCC. The Morgan fingerprint density at radius 2 is 1.13 bits per heavy atom. The van der Waals surface area contributed by atoms with Gasteiger partial charge in [0.25, 0.3) is 0 Å². The Morgan fingerprint density at radius 1 is 0.700 bits per heavy atom. The van der Waals surface area contributed by atoms with Crippen LogP contribution in [-0.4, -0.2) is 7.05 Å². The molecule has 1 nitrogen and oxygen atoms in total. The van der Waals surface area contributed by atoms with E-state index in [0.29, 0.717) is 0 Å². The number of hydrogen-bond acceptors (Lipinski definition) is 1. The lowest BCUT2D eigenvalue weighted by Crippen LogP contribution is -2.25. The van der Waals surface area contributed by atoms with Crippen molar-refractivity contribution in [2.24, 2.45) is 0 Å². The molecule has 0 aromatic heterocycles. The fraction of sp³-hybridized carbons (Fsp3) is 0.724. The molecule has 0 saturated heterocycles. The lowest BCUT2D eigenvalue weighted by Gasteiger charge is -2.28. The summed E-state index contributed by atoms with van der Waals surface area (Å²) in [6.07, 6.45) is 24.1. The van der Waals surface area contributed by atoms with Crippen molar-refractivity contribution in [3.8, 4) is 0 Å². The highest BCUT2D eigenvalue weighted by atomic mass is 15.2. The first-order valence-corrected chi connectivity index (χ1v) is 13.1. The molecular weight excluding hydrogens is 362 g/mol. The van der Waals surface area contributed by atoms with Gasteiger partial charge in [0, 0.05) is 23.8 Å². The number of fused-ring (bicyclic) bond motifs is 1. The van der Waals surface area contributed by atoms with Gasteiger partial charge in [0.1, 0.15) is 0 Å². The summed E-state index contributed by atoms with van der Waals surface area (Å²) in [5.41, 5.74) is 4.21. The minimum Gasteiger partial charge on any atom is -0.348 e. The molecule has 170 valence electrons. The number of anilines is 1. The average molecular weight is 412 g/mol. The molecule has 1 heterocycles. The predicted molar refractivity (Wildman–Crippen MR) is 136 cm³/mol. The molecule has 0 saturated carbocycles. The summed E-state index contributed by atoms with van der Waals surface area (Å²) in [7, 11) is 2.17. The Balaban J connectivity index is 1.44. The smallest absolute Gasteiger partial charge is 0.0447 e. The van der Waals surface area contributed by atoms with Gasteiger partial charge in [0.05, 0.1) is 0 Å². The molecule has 0 aliphatic carbocycles. The molecule has 1 atom stereocenters. The zero-order chi connectivity index (χ0) is 21.7. The molecule has 0 bridgehead atoms. The number of allylic oxidation sites excluding steroid dienone is 1. The van der Waals surface area contributed by atoms with E-state index >= 15 is 0 Å². The van der Waals surface area contributed by atoms with Crippen molar-refractivity contribution in [3.63, 3.8) is 0 Å². The molecule has 1 aliphatic heterocycles. The monoisotopic (exact) mass is 411 g/mol. The van der Waals surface area contributed by atoms with Gasteiger partial charge in [-0.3, -0.25) is 0 Å². The molecule has 0 fully saturated rings. The summed E-state index contributed by atoms with van der Waals surface area (Å²) in [5, 5.41) is 0. The predicted octanol–water partition coefficient (Wildman–Crippen LogP) is 9.56. The van der Waals surface area contributed by atoms with E-state index in [2.05, 4.69) is 56.6 Å². The third kappa shape index (κ3) is 7.47. The Labute approximate surface area is 188 Å². The Bertz CT molecular complexity index is 604. The number of benzene rings is 1. The average Bonchev–Trinajstić information content (AvgIpc) is 2.95. The molecule has 0 radical (unpaired) electrons. The minimum absolute atomic E-state index is 0.126. The molecule has 0 spiro atoms. The molecular formula is C29H49N. The van der Waals surface area contributed by atoms with Gasteiger partial charge in [-0.25, -0.2) is 0 Å². The van der Waals surface area contributed by atoms with Crippen molar-refractivity contribution in [1.82, 2.24) is 0 Å². The first kappa shape index (κ1) is 25.0. The van der Waals surface area contributed by atoms with Crippen LogP contribution in [0.25, 0.3) is 0 Å². The number of unbranched alkanes of at least 4 members (excludes halogenated alkanes) is 15. The summed E-state index contributed by atoms with van der Waals surface area (Å²) in [5.74, 6) is 0. The van der Waals surface area contributed by atoms with Crippen LogP contribution in [0, 0.1) is 0 Å². The normalized spacial score (nSPS) is 18.2. The molecule has 1 aliphatic rings. The number of hydrogen-bond donors (Lipinski definition) is 0. The van der Waals surface area contributed by atoms with Gasteiger partial charge in [-0.05, 0) is 25.0 Å². The van der Waals surface area contributed by atoms with Crippen LogP contribution < -0.4 is 4.90 Å². The Kier molecular flexibility index (Phi) is 11.6. The van der Waals surface area contributed by atoms with Crippen LogP contribution >= 0.6 is 0 Å². The van der Waals surface area contributed by atoms with E-state index < -0.39 is 0 Å². The fourth-order valence-corrected chi connectivity index (χ4v) is 5.21. The highest BCUT2D eigenvalue weighted by Gasteiger charge is 2.40. The second-order valence-electron chi connectivity index (χ2n) is 9.91. The van der Waals surface area contributed by atoms with Gasteiger partial charge >= 0.3 is 0 Å². The van der Waals surface area contributed by atoms with Crippen LogP contribution in [0.2, 0.25) is 0 Å². The summed E-state index contributed by atoms with van der Waals surface area (Å²) in [6, 6.07) is 8.86. The van der Waals surface area contributed by atoms with Crippen LogP contribution in [0.5, 0.6) is 0 Å². The van der Waals surface area contributed by atoms with Gasteiger partial charge < -0.3 is 4.90 Å². The maximum Gasteiger partial charge on any atom is 0.0447 e. The number of rotatable bonds is 17. The van der Waals surface area contributed by atoms with E-state index in [9.17, 15) is 0 Å². The van der Waals surface area contributed by atoms with Gasteiger partial charge in [0.2, 0.25) is 0 Å². The third-order valence-corrected chi connectivity index (χ3v) is 7.43. The van der Waals surface area contributed by atoms with Crippen molar-refractivity contribution in [1.29, 1.82) is 0 Å². The molecule has 30 heavy (non-hydrogen) atoms. The van der Waals surface area contributed by atoms with E-state index in [0.717, 1.165) is 0 Å². The highest BCUT2D eigenvalue weighted by molar-refractivity contribution is 5.69. The fourth-order valence-electron chi connectivity index (χ4n) is 5.21. The molecule has 1 unspecified atom stereocenters. The lowest BCUT2D eigenvalue weighted by atomic mass is 9.77. The van der Waals surface area contributed by atoms with Crippen LogP contribution in [0.4, 0.5) is 5.69 Å². The van der Waals surface area contributed by atoms with E-state index in [-0.39, 0.29) is 5.41 Å². The quantitative estimate of drug-likeness (QED) is 0.231. The van der Waals surface area contributed by atoms with Crippen molar-refractivity contribution >= 4 is 5.69 Å². The molecule has 1 heteroatoms. The molecule has 1 aromatic carbocycles. The van der Waals surface area contributed by atoms with Crippen LogP contribution in [0.15, 0.2) is 36.5 Å². The summed E-state index contributed by atoms with van der Waals surface area (Å²) in [4.78, 5) is 2.29. The van der Waals surface area contributed by atoms with E-state index in [1.165, 1.54) is 126 Å². The van der Waals surface area contributed by atoms with Crippen LogP contribution in [-0.2, 0) is 5.41 Å².